The Morgan fingerprint density at radius 2 is 2.20 bits per heavy atom. The minimum Gasteiger partial charge on any atom is -0.486 e. The molecule has 1 unspecified atom stereocenters. The quantitative estimate of drug-likeness (QED) is 0.940. The van der Waals surface area contributed by atoms with Crippen LogP contribution in [0.4, 0.5) is 0 Å². The first kappa shape index (κ1) is 13.4. The highest BCUT2D eigenvalue weighted by Gasteiger charge is 2.21. The van der Waals surface area contributed by atoms with Crippen molar-refractivity contribution in [2.75, 3.05) is 20.3 Å². The first-order valence-electron chi connectivity index (χ1n) is 6.74. The van der Waals surface area contributed by atoms with Crippen LogP contribution in [0.25, 0.3) is 0 Å². The van der Waals surface area contributed by atoms with Crippen molar-refractivity contribution in [1.82, 2.24) is 10.3 Å². The molecule has 1 N–H and O–H groups in total. The number of hydrogen-bond donors (Lipinski definition) is 1. The van der Waals surface area contributed by atoms with E-state index in [2.05, 4.69) is 21.7 Å². The number of ether oxygens (including phenoxy) is 2. The van der Waals surface area contributed by atoms with Crippen LogP contribution < -0.4 is 14.8 Å². The monoisotopic (exact) mass is 290 g/mol. The minimum absolute atomic E-state index is 0.174. The molecule has 3 rings (SSSR count). The topological polar surface area (TPSA) is 43.4 Å². The smallest absolute Gasteiger partial charge is 0.166 e. The molecular weight excluding hydrogens is 272 g/mol. The van der Waals surface area contributed by atoms with Crippen LogP contribution in [0.1, 0.15) is 22.3 Å². The second-order valence-electron chi connectivity index (χ2n) is 4.77. The van der Waals surface area contributed by atoms with Crippen molar-refractivity contribution in [3.05, 3.63) is 39.8 Å². The number of thiazole rings is 1. The SMILES string of the molecule is CNC(Cc1csc(C)n1)c1cccc2c1OCCO2. The van der Waals surface area contributed by atoms with Crippen molar-refractivity contribution in [2.24, 2.45) is 0 Å². The standard InChI is InChI=1S/C15H18N2O2S/c1-10-17-11(9-20-10)8-13(16-2)12-4-3-5-14-15(12)19-7-6-18-14/h3-5,9,13,16H,6-8H2,1-2H3. The zero-order chi connectivity index (χ0) is 13.9. The fraction of sp³-hybridized carbons (Fsp3) is 0.400. The molecule has 106 valence electrons. The van der Waals surface area contributed by atoms with Gasteiger partial charge in [0.15, 0.2) is 11.5 Å². The highest BCUT2D eigenvalue weighted by Crippen LogP contribution is 2.37. The number of nitrogens with zero attached hydrogens (tertiary/aromatic N) is 1. The molecule has 2 aromatic rings. The summed E-state index contributed by atoms with van der Waals surface area (Å²) in [6.07, 6.45) is 0.848. The summed E-state index contributed by atoms with van der Waals surface area (Å²) < 4.78 is 11.4. The van der Waals surface area contributed by atoms with Crippen LogP contribution in [0.3, 0.4) is 0 Å². The molecule has 2 heterocycles. The van der Waals surface area contributed by atoms with Gasteiger partial charge >= 0.3 is 0 Å². The summed E-state index contributed by atoms with van der Waals surface area (Å²) in [6.45, 7) is 3.26. The number of fused-ring (bicyclic) bond motifs is 1. The van der Waals surface area contributed by atoms with Crippen LogP contribution in [0.15, 0.2) is 23.6 Å². The average Bonchev–Trinajstić information content (AvgIpc) is 2.89. The van der Waals surface area contributed by atoms with E-state index in [1.54, 1.807) is 11.3 Å². The fourth-order valence-electron chi connectivity index (χ4n) is 2.45. The summed E-state index contributed by atoms with van der Waals surface area (Å²) in [5.74, 6) is 1.70. The number of nitrogens with one attached hydrogen (secondary N) is 1. The molecule has 0 bridgehead atoms. The third-order valence-electron chi connectivity index (χ3n) is 3.40. The Hall–Kier alpha value is -1.59. The lowest BCUT2D eigenvalue weighted by atomic mass is 10.0. The Morgan fingerprint density at radius 1 is 1.35 bits per heavy atom. The first-order valence-corrected chi connectivity index (χ1v) is 7.62. The second-order valence-corrected chi connectivity index (χ2v) is 5.84. The van der Waals surface area contributed by atoms with E-state index < -0.39 is 0 Å². The third kappa shape index (κ3) is 2.64. The molecule has 0 spiro atoms. The lowest BCUT2D eigenvalue weighted by Gasteiger charge is -2.24. The maximum atomic E-state index is 5.80. The van der Waals surface area contributed by atoms with Crippen LogP contribution in [-0.4, -0.2) is 25.2 Å². The van der Waals surface area contributed by atoms with Crippen LogP contribution in [-0.2, 0) is 6.42 Å². The van der Waals surface area contributed by atoms with Gasteiger partial charge in [-0.25, -0.2) is 4.98 Å². The summed E-state index contributed by atoms with van der Waals surface area (Å²) in [4.78, 5) is 4.54. The second kappa shape index (κ2) is 5.81. The number of para-hydroxylation sites is 1. The van der Waals surface area contributed by atoms with Crippen molar-refractivity contribution in [2.45, 2.75) is 19.4 Å². The molecule has 4 nitrogen and oxygen atoms in total. The molecule has 0 radical (unpaired) electrons. The van der Waals surface area contributed by atoms with Gasteiger partial charge in [-0.15, -0.1) is 11.3 Å². The Balaban J connectivity index is 1.89. The number of rotatable bonds is 4. The van der Waals surface area contributed by atoms with Gasteiger partial charge in [-0.1, -0.05) is 12.1 Å². The first-order chi connectivity index (χ1) is 9.78. The fourth-order valence-corrected chi connectivity index (χ4v) is 3.07. The molecule has 1 atom stereocenters. The van der Waals surface area contributed by atoms with E-state index in [1.807, 2.05) is 26.1 Å². The van der Waals surface area contributed by atoms with Gasteiger partial charge in [-0.3, -0.25) is 0 Å². The largest absolute Gasteiger partial charge is 0.486 e. The summed E-state index contributed by atoms with van der Waals surface area (Å²) in [5.41, 5.74) is 2.25. The van der Waals surface area contributed by atoms with E-state index in [9.17, 15) is 0 Å². The van der Waals surface area contributed by atoms with Crippen molar-refractivity contribution >= 4 is 11.3 Å². The van der Waals surface area contributed by atoms with E-state index in [0.717, 1.165) is 34.2 Å². The van der Waals surface area contributed by atoms with Gasteiger partial charge in [0.2, 0.25) is 0 Å². The van der Waals surface area contributed by atoms with Crippen LogP contribution >= 0.6 is 11.3 Å². The maximum absolute atomic E-state index is 5.80. The predicted octanol–water partition coefficient (Wildman–Crippen LogP) is 2.73. The Bertz CT molecular complexity index is 597. The number of likely N-dealkylation sites (N-methyl/N-ethyl adjacent to an activating group) is 1. The Labute approximate surface area is 122 Å². The molecular formula is C15H18N2O2S. The highest BCUT2D eigenvalue weighted by molar-refractivity contribution is 7.09. The van der Waals surface area contributed by atoms with Crippen molar-refractivity contribution in [1.29, 1.82) is 0 Å². The molecule has 1 aromatic carbocycles. The molecule has 1 aliphatic rings. The molecule has 5 heteroatoms. The maximum Gasteiger partial charge on any atom is 0.166 e. The zero-order valence-electron chi connectivity index (χ0n) is 11.7. The molecule has 20 heavy (non-hydrogen) atoms. The van der Waals surface area contributed by atoms with Crippen molar-refractivity contribution in [3.63, 3.8) is 0 Å². The number of hydrogen-bond acceptors (Lipinski definition) is 5. The van der Waals surface area contributed by atoms with Gasteiger partial charge < -0.3 is 14.8 Å². The molecule has 0 amide bonds. The summed E-state index contributed by atoms with van der Waals surface area (Å²) in [6, 6.07) is 6.23. The van der Waals surface area contributed by atoms with Crippen molar-refractivity contribution < 1.29 is 9.47 Å². The number of aryl methyl sites for hydroxylation is 1. The zero-order valence-corrected chi connectivity index (χ0v) is 12.5. The predicted molar refractivity (Wildman–Crippen MR) is 79.8 cm³/mol. The molecule has 0 saturated carbocycles. The van der Waals surface area contributed by atoms with E-state index in [4.69, 9.17) is 9.47 Å². The van der Waals surface area contributed by atoms with Gasteiger partial charge in [-0.05, 0) is 20.0 Å². The Kier molecular flexibility index (Phi) is 3.89. The lowest BCUT2D eigenvalue weighted by molar-refractivity contribution is 0.168. The van der Waals surface area contributed by atoms with Crippen molar-refractivity contribution in [3.8, 4) is 11.5 Å². The summed E-state index contributed by atoms with van der Waals surface area (Å²) >= 11 is 1.69. The van der Waals surface area contributed by atoms with Gasteiger partial charge in [0, 0.05) is 23.4 Å². The van der Waals surface area contributed by atoms with Crippen LogP contribution in [0, 0.1) is 6.92 Å². The molecule has 1 aliphatic heterocycles. The lowest BCUT2D eigenvalue weighted by Crippen LogP contribution is -2.23. The summed E-state index contributed by atoms with van der Waals surface area (Å²) in [7, 11) is 1.97. The van der Waals surface area contributed by atoms with E-state index in [0.29, 0.717) is 13.2 Å². The van der Waals surface area contributed by atoms with Crippen LogP contribution in [0.5, 0.6) is 11.5 Å². The van der Waals surface area contributed by atoms with Crippen LogP contribution in [0.2, 0.25) is 0 Å². The van der Waals surface area contributed by atoms with E-state index >= 15 is 0 Å². The normalized spacial score (nSPS) is 15.1. The minimum atomic E-state index is 0.174. The van der Waals surface area contributed by atoms with Gasteiger partial charge in [0.25, 0.3) is 0 Å². The van der Waals surface area contributed by atoms with Gasteiger partial charge in [0.1, 0.15) is 13.2 Å². The van der Waals surface area contributed by atoms with Gasteiger partial charge in [0.05, 0.1) is 10.7 Å². The molecule has 1 aromatic heterocycles. The van der Waals surface area contributed by atoms with Gasteiger partial charge in [-0.2, -0.15) is 0 Å². The Morgan fingerprint density at radius 3 is 2.95 bits per heavy atom. The number of aromatic nitrogens is 1. The molecule has 0 aliphatic carbocycles. The van der Waals surface area contributed by atoms with E-state index in [-0.39, 0.29) is 6.04 Å². The molecule has 0 saturated heterocycles. The van der Waals surface area contributed by atoms with E-state index in [1.165, 1.54) is 0 Å². The summed E-state index contributed by atoms with van der Waals surface area (Å²) in [5, 5.41) is 6.57. The molecule has 0 fully saturated rings. The highest BCUT2D eigenvalue weighted by atomic mass is 32.1. The number of benzene rings is 1. The average molecular weight is 290 g/mol. The third-order valence-corrected chi connectivity index (χ3v) is 4.22.